The summed E-state index contributed by atoms with van der Waals surface area (Å²) in [5.41, 5.74) is 1.08. The van der Waals surface area contributed by atoms with Gasteiger partial charge in [0.25, 0.3) is 0 Å². The maximum Gasteiger partial charge on any atom is 0.210 e. The molecule has 2 atom stereocenters. The van der Waals surface area contributed by atoms with Crippen molar-refractivity contribution in [3.8, 4) is 0 Å². The molecule has 2 nitrogen and oxygen atoms in total. The van der Waals surface area contributed by atoms with E-state index in [1.54, 1.807) is 0 Å². The highest BCUT2D eigenvalue weighted by Crippen LogP contribution is 2.32. The van der Waals surface area contributed by atoms with Crippen molar-refractivity contribution in [1.82, 2.24) is 0 Å². The molecule has 0 spiro atoms. The van der Waals surface area contributed by atoms with Gasteiger partial charge in [0.2, 0.25) is 8.32 Å². The number of rotatable bonds is 10. The van der Waals surface area contributed by atoms with E-state index in [0.29, 0.717) is 0 Å². The van der Waals surface area contributed by atoms with Gasteiger partial charge in [0.15, 0.2) is 0 Å². The molecule has 0 aliphatic rings. The third-order valence-electron chi connectivity index (χ3n) is 3.82. The number of ether oxygens (including phenoxy) is 1. The van der Waals surface area contributed by atoms with E-state index in [0.717, 1.165) is 29.3 Å². The van der Waals surface area contributed by atoms with Crippen molar-refractivity contribution >= 4 is 24.2 Å². The van der Waals surface area contributed by atoms with Crippen molar-refractivity contribution in [2.75, 3.05) is 0 Å². The Bertz CT molecular complexity index is 457. The average molecular weight is 385 g/mol. The molecule has 0 aliphatic heterocycles. The van der Waals surface area contributed by atoms with Gasteiger partial charge in [-0.25, -0.2) is 0 Å². The van der Waals surface area contributed by atoms with E-state index >= 15 is 0 Å². The lowest BCUT2D eigenvalue weighted by molar-refractivity contribution is 0.0131. The first-order valence-electron chi connectivity index (χ1n) is 8.13. The van der Waals surface area contributed by atoms with Crippen LogP contribution in [-0.2, 0) is 4.74 Å². The summed E-state index contributed by atoms with van der Waals surface area (Å²) in [7, 11) is -2.35. The van der Waals surface area contributed by atoms with E-state index in [4.69, 9.17) is 4.74 Å². The van der Waals surface area contributed by atoms with Crippen LogP contribution in [0, 0.1) is 0 Å². The third-order valence-corrected chi connectivity index (χ3v) is 6.54. The highest BCUT2D eigenvalue weighted by molar-refractivity contribution is 9.10. The van der Waals surface area contributed by atoms with Gasteiger partial charge in [0, 0.05) is 4.47 Å². The van der Waals surface area contributed by atoms with Crippen LogP contribution < -0.4 is 0 Å². The zero-order valence-corrected chi connectivity index (χ0v) is 16.6. The maximum absolute atomic E-state index is 10.6. The zero-order valence-electron chi connectivity index (χ0n) is 14.0. The molecule has 0 unspecified atom stereocenters. The predicted octanol–water partition coefficient (Wildman–Crippen LogP) is 5.77. The van der Waals surface area contributed by atoms with Crippen LogP contribution in [0.15, 0.2) is 41.4 Å². The van der Waals surface area contributed by atoms with Crippen molar-refractivity contribution < 1.29 is 9.53 Å². The summed E-state index contributed by atoms with van der Waals surface area (Å²) in [5, 5.41) is 0. The van der Waals surface area contributed by atoms with Gasteiger partial charge in [-0.05, 0) is 37.6 Å². The van der Waals surface area contributed by atoms with E-state index in [1.807, 2.05) is 37.4 Å². The Morgan fingerprint density at radius 1 is 1.32 bits per heavy atom. The van der Waals surface area contributed by atoms with Crippen molar-refractivity contribution in [2.45, 2.75) is 64.0 Å². The first kappa shape index (κ1) is 19.6. The first-order valence-corrected chi connectivity index (χ1v) is 11.9. The van der Waals surface area contributed by atoms with E-state index < -0.39 is 8.32 Å². The van der Waals surface area contributed by atoms with Crippen molar-refractivity contribution in [3.63, 3.8) is 0 Å². The van der Waals surface area contributed by atoms with Crippen LogP contribution in [0.25, 0.3) is 0 Å². The number of hydrogen-bond acceptors (Lipinski definition) is 2. The van der Waals surface area contributed by atoms with Gasteiger partial charge in [-0.15, -0.1) is 6.58 Å². The van der Waals surface area contributed by atoms with E-state index in [1.165, 1.54) is 12.8 Å². The van der Waals surface area contributed by atoms with Gasteiger partial charge in [0.05, 0.1) is 11.8 Å². The third kappa shape index (κ3) is 6.37. The van der Waals surface area contributed by atoms with Crippen molar-refractivity contribution in [2.24, 2.45) is 0 Å². The second kappa shape index (κ2) is 9.66. The zero-order chi connectivity index (χ0) is 16.6. The molecule has 1 aromatic rings. The molecule has 0 aromatic heterocycles. The summed E-state index contributed by atoms with van der Waals surface area (Å²) in [4.78, 5) is 10.6. The van der Waals surface area contributed by atoms with Crippen molar-refractivity contribution in [3.05, 3.63) is 47.0 Å². The average Bonchev–Trinajstić information content (AvgIpc) is 2.45. The Balaban J connectivity index is 2.89. The van der Waals surface area contributed by atoms with Crippen molar-refractivity contribution in [1.29, 1.82) is 0 Å². The summed E-state index contributed by atoms with van der Waals surface area (Å²) >= 11 is 3.61. The van der Waals surface area contributed by atoms with Crippen LogP contribution in [0.3, 0.4) is 0 Å². The molecule has 0 saturated heterocycles. The molecule has 1 N–H and O–H groups in total. The number of benzene rings is 1. The lowest BCUT2D eigenvalue weighted by Crippen LogP contribution is -2.44. The Morgan fingerprint density at radius 2 is 2.00 bits per heavy atom. The molecule has 1 rings (SSSR count). The van der Waals surface area contributed by atoms with E-state index in [9.17, 15) is 4.80 Å². The summed E-state index contributed by atoms with van der Waals surface area (Å²) in [6, 6.07) is 8.13. The van der Waals surface area contributed by atoms with Gasteiger partial charge in [-0.1, -0.05) is 66.4 Å². The first-order chi connectivity index (χ1) is 10.4. The largest absolute Gasteiger partial charge is 0.430 e. The van der Waals surface area contributed by atoms with E-state index in [2.05, 4.69) is 35.5 Å². The molecule has 124 valence electrons. The van der Waals surface area contributed by atoms with Crippen LogP contribution in [0.2, 0.25) is 13.1 Å². The fraction of sp³-hybridized carbons (Fsp3) is 0.556. The molecular formula is C18H29BrO2Si. The molecule has 0 saturated carbocycles. The molecule has 0 bridgehead atoms. The molecule has 0 heterocycles. The second-order valence-corrected chi connectivity index (χ2v) is 11.1. The fourth-order valence-corrected chi connectivity index (χ4v) is 4.46. The van der Waals surface area contributed by atoms with Gasteiger partial charge < -0.3 is 9.53 Å². The minimum absolute atomic E-state index is 0.0453. The standard InChI is InChI=1S/C18H29BrO2Si/c1-5-7-8-14-18(22(3,4)20)21-17(11-6-2)15-12-9-10-13-16(15)19/h6,9-10,12-13,17-18,20H,2,5,7-8,11,14H2,1,3-4H3/t17-,18+/m1/s1. The lowest BCUT2D eigenvalue weighted by atomic mass is 10.1. The molecule has 0 aliphatic carbocycles. The van der Waals surface area contributed by atoms with Crippen LogP contribution in [-0.4, -0.2) is 18.8 Å². The highest BCUT2D eigenvalue weighted by atomic mass is 79.9. The van der Waals surface area contributed by atoms with Gasteiger partial charge in [-0.2, -0.15) is 0 Å². The molecule has 0 amide bonds. The smallest absolute Gasteiger partial charge is 0.210 e. The highest BCUT2D eigenvalue weighted by Gasteiger charge is 2.33. The lowest BCUT2D eigenvalue weighted by Gasteiger charge is -2.31. The Kier molecular flexibility index (Phi) is 8.61. The summed E-state index contributed by atoms with van der Waals surface area (Å²) in [5.74, 6) is 0. The molecular weight excluding hydrogens is 356 g/mol. The Labute approximate surface area is 144 Å². The minimum Gasteiger partial charge on any atom is -0.430 e. The SMILES string of the molecule is C=CC[C@@H](O[C@H](CCCCC)[Si](C)(C)O)c1ccccc1Br. The molecule has 0 fully saturated rings. The summed E-state index contributed by atoms with van der Waals surface area (Å²) < 4.78 is 7.43. The quantitative estimate of drug-likeness (QED) is 0.315. The van der Waals surface area contributed by atoms with Crippen LogP contribution in [0.5, 0.6) is 0 Å². The van der Waals surface area contributed by atoms with Gasteiger partial charge >= 0.3 is 0 Å². The van der Waals surface area contributed by atoms with Crippen LogP contribution >= 0.6 is 15.9 Å². The molecule has 4 heteroatoms. The predicted molar refractivity (Wildman–Crippen MR) is 100 cm³/mol. The van der Waals surface area contributed by atoms with Gasteiger partial charge in [0.1, 0.15) is 0 Å². The van der Waals surface area contributed by atoms with Crippen LogP contribution in [0.4, 0.5) is 0 Å². The second-order valence-electron chi connectivity index (χ2n) is 6.31. The number of halogens is 1. The maximum atomic E-state index is 10.6. The number of hydrogen-bond donors (Lipinski definition) is 1. The summed E-state index contributed by atoms with van der Waals surface area (Å²) in [6.07, 6.45) is 6.98. The Hall–Kier alpha value is -0.423. The Morgan fingerprint density at radius 3 is 2.55 bits per heavy atom. The molecule has 0 radical (unpaired) electrons. The summed E-state index contributed by atoms with van der Waals surface area (Å²) in [6.45, 7) is 9.98. The topological polar surface area (TPSA) is 29.5 Å². The normalized spacial score (nSPS) is 14.6. The number of unbranched alkanes of at least 4 members (excludes halogenated alkanes) is 2. The molecule has 22 heavy (non-hydrogen) atoms. The van der Waals surface area contributed by atoms with Gasteiger partial charge in [-0.3, -0.25) is 0 Å². The van der Waals surface area contributed by atoms with E-state index in [-0.39, 0.29) is 11.8 Å². The monoisotopic (exact) mass is 384 g/mol. The van der Waals surface area contributed by atoms with Crippen LogP contribution in [0.1, 0.15) is 50.7 Å². The minimum atomic E-state index is -2.35. The fourth-order valence-electron chi connectivity index (χ4n) is 2.51. The molecule has 1 aromatic carbocycles.